The van der Waals surface area contributed by atoms with E-state index in [1.165, 1.54) is 32.1 Å². The van der Waals surface area contributed by atoms with Crippen LogP contribution in [0.1, 0.15) is 90.2 Å². The summed E-state index contributed by atoms with van der Waals surface area (Å²) in [6.07, 6.45) is 10.1. The second kappa shape index (κ2) is 12.2. The molecule has 0 bridgehead atoms. The van der Waals surface area contributed by atoms with Crippen LogP contribution in [0.4, 0.5) is 0 Å². The molecule has 1 rings (SSSR count). The number of hydrogen-bond acceptors (Lipinski definition) is 4. The van der Waals surface area contributed by atoms with Gasteiger partial charge in [-0.3, -0.25) is 0 Å². The molecule has 1 N–H and O–H groups in total. The summed E-state index contributed by atoms with van der Waals surface area (Å²) in [5, 5.41) is 13.9. The Morgan fingerprint density at radius 2 is 1.64 bits per heavy atom. The lowest BCUT2D eigenvalue weighted by Crippen LogP contribution is -2.39. The molecule has 3 unspecified atom stereocenters. The van der Waals surface area contributed by atoms with Gasteiger partial charge in [0.05, 0.1) is 6.10 Å². The van der Waals surface area contributed by atoms with Gasteiger partial charge in [0.2, 0.25) is 0 Å². The maximum atomic E-state index is 11.4. The third-order valence-corrected chi connectivity index (χ3v) is 4.62. The highest BCUT2D eigenvalue weighted by atomic mass is 16.6. The zero-order chi connectivity index (χ0) is 18.5. The minimum Gasteiger partial charge on any atom is -0.364 e. The largest absolute Gasteiger partial charge is 0.364 e. The van der Waals surface area contributed by atoms with E-state index in [1.54, 1.807) is 19.1 Å². The van der Waals surface area contributed by atoms with E-state index in [4.69, 9.17) is 4.74 Å². The number of unbranched alkanes of at least 4 members (excludes halogenated alkanes) is 5. The smallest absolute Gasteiger partial charge is 0.193 e. The van der Waals surface area contributed by atoms with E-state index in [0.29, 0.717) is 5.56 Å². The minimum absolute atomic E-state index is 0.0425. The molecule has 0 aliphatic carbocycles. The lowest BCUT2D eigenvalue weighted by atomic mass is 9.99. The van der Waals surface area contributed by atoms with Gasteiger partial charge in [0.1, 0.15) is 0 Å². The van der Waals surface area contributed by atoms with Crippen molar-refractivity contribution in [3.63, 3.8) is 0 Å². The topological polar surface area (TPSA) is 58.9 Å². The summed E-state index contributed by atoms with van der Waals surface area (Å²) in [4.78, 5) is 11.4. The summed E-state index contributed by atoms with van der Waals surface area (Å²) in [6.45, 7) is 5.88. The Morgan fingerprint density at radius 1 is 1.00 bits per heavy atom. The average molecular weight is 350 g/mol. The van der Waals surface area contributed by atoms with Crippen LogP contribution >= 0.6 is 0 Å². The van der Waals surface area contributed by atoms with Gasteiger partial charge in [-0.05, 0) is 25.3 Å². The van der Waals surface area contributed by atoms with Crippen LogP contribution in [0.3, 0.4) is 0 Å². The van der Waals surface area contributed by atoms with Crippen LogP contribution in [0.2, 0.25) is 0 Å². The van der Waals surface area contributed by atoms with Crippen molar-refractivity contribution in [3.8, 4) is 0 Å². The molecular weight excluding hydrogens is 314 g/mol. The van der Waals surface area contributed by atoms with Crippen LogP contribution in [0.5, 0.6) is 0 Å². The Hall–Kier alpha value is -1.26. The molecule has 0 aliphatic heterocycles. The number of hydrogen-bond donors (Lipinski definition) is 1. The van der Waals surface area contributed by atoms with Crippen molar-refractivity contribution in [1.82, 2.24) is 0 Å². The highest BCUT2D eigenvalue weighted by Crippen LogP contribution is 2.33. The first-order valence-corrected chi connectivity index (χ1v) is 9.82. The molecule has 0 spiro atoms. The first-order valence-electron chi connectivity index (χ1n) is 9.82. The Morgan fingerprint density at radius 3 is 2.24 bits per heavy atom. The van der Waals surface area contributed by atoms with Crippen LogP contribution < -0.4 is 0 Å². The summed E-state index contributed by atoms with van der Waals surface area (Å²) in [6, 6.07) is 8.23. The molecule has 3 atom stereocenters. The van der Waals surface area contributed by atoms with Gasteiger partial charge in [-0.25, -0.2) is 0 Å². The minimum atomic E-state index is -1.59. The Labute approximate surface area is 153 Å². The first kappa shape index (κ1) is 21.8. The monoisotopic (exact) mass is 349 g/mol. The number of benzene rings is 1. The molecule has 4 heteroatoms. The fourth-order valence-electron chi connectivity index (χ4n) is 3.24. The lowest BCUT2D eigenvalue weighted by Gasteiger charge is -2.33. The molecular formula is C21H35NO3. The molecule has 0 radical (unpaired) electrons. The van der Waals surface area contributed by atoms with Crippen molar-refractivity contribution in [2.75, 3.05) is 0 Å². The van der Waals surface area contributed by atoms with Crippen LogP contribution in [-0.2, 0) is 4.74 Å². The standard InChI is InChI=1S/C21H35NO3/c1-4-6-7-8-9-13-17-19(14-5-2)25-21(3,23)20(22-24)18-15-11-10-12-16-18/h10-12,15-16,19-20,23H,4-9,13-14,17H2,1-3H3. The van der Waals surface area contributed by atoms with Crippen LogP contribution in [0.15, 0.2) is 35.5 Å². The number of rotatable bonds is 14. The van der Waals surface area contributed by atoms with Gasteiger partial charge in [-0.2, -0.15) is 0 Å². The van der Waals surface area contributed by atoms with Crippen molar-refractivity contribution < 1.29 is 9.84 Å². The Bertz CT molecular complexity index is 461. The van der Waals surface area contributed by atoms with Gasteiger partial charge >= 0.3 is 0 Å². The van der Waals surface area contributed by atoms with Gasteiger partial charge in [0.25, 0.3) is 0 Å². The van der Waals surface area contributed by atoms with Gasteiger partial charge < -0.3 is 9.84 Å². The molecule has 25 heavy (non-hydrogen) atoms. The molecule has 0 heterocycles. The third-order valence-electron chi connectivity index (χ3n) is 4.62. The normalized spacial score (nSPS) is 16.2. The number of nitroso groups, excluding NO2 is 1. The molecule has 0 aromatic heterocycles. The Balaban J connectivity index is 2.59. The molecule has 0 aliphatic rings. The Kier molecular flexibility index (Phi) is 10.6. The first-order chi connectivity index (χ1) is 12.0. The summed E-state index contributed by atoms with van der Waals surface area (Å²) >= 11 is 0. The van der Waals surface area contributed by atoms with Gasteiger partial charge in [0.15, 0.2) is 11.8 Å². The fourth-order valence-corrected chi connectivity index (χ4v) is 3.24. The predicted molar refractivity (Wildman–Crippen MR) is 103 cm³/mol. The highest BCUT2D eigenvalue weighted by Gasteiger charge is 2.37. The average Bonchev–Trinajstić information content (AvgIpc) is 2.59. The maximum Gasteiger partial charge on any atom is 0.193 e. The second-order valence-electron chi connectivity index (χ2n) is 7.06. The third kappa shape index (κ3) is 8.10. The van der Waals surface area contributed by atoms with E-state index in [2.05, 4.69) is 19.0 Å². The molecule has 1 aromatic carbocycles. The summed E-state index contributed by atoms with van der Waals surface area (Å²) < 4.78 is 5.98. The van der Waals surface area contributed by atoms with Gasteiger partial charge in [0, 0.05) is 0 Å². The van der Waals surface area contributed by atoms with E-state index >= 15 is 0 Å². The van der Waals surface area contributed by atoms with Crippen LogP contribution in [-0.4, -0.2) is 17.0 Å². The zero-order valence-corrected chi connectivity index (χ0v) is 16.1. The maximum absolute atomic E-state index is 11.4. The van der Waals surface area contributed by atoms with E-state index in [0.717, 1.165) is 25.7 Å². The predicted octanol–water partition coefficient (Wildman–Crippen LogP) is 6.14. The lowest BCUT2D eigenvalue weighted by molar-refractivity contribution is -0.233. The SMILES string of the molecule is CCCCCCCCC(CCC)OC(C)(O)C(N=O)c1ccccc1. The summed E-state index contributed by atoms with van der Waals surface area (Å²) in [5.41, 5.74) is 0.678. The second-order valence-corrected chi connectivity index (χ2v) is 7.06. The fraction of sp³-hybridized carbons (Fsp3) is 0.714. The van der Waals surface area contributed by atoms with Crippen LogP contribution in [0, 0.1) is 4.91 Å². The van der Waals surface area contributed by atoms with Crippen LogP contribution in [0.25, 0.3) is 0 Å². The van der Waals surface area contributed by atoms with Crippen molar-refractivity contribution in [3.05, 3.63) is 40.8 Å². The van der Waals surface area contributed by atoms with Crippen molar-refractivity contribution >= 4 is 0 Å². The molecule has 0 saturated heterocycles. The highest BCUT2D eigenvalue weighted by molar-refractivity contribution is 5.21. The number of aliphatic hydroxyl groups is 1. The van der Waals surface area contributed by atoms with E-state index < -0.39 is 11.8 Å². The van der Waals surface area contributed by atoms with E-state index in [9.17, 15) is 10.0 Å². The van der Waals surface area contributed by atoms with Crippen molar-refractivity contribution in [2.24, 2.45) is 5.18 Å². The van der Waals surface area contributed by atoms with Gasteiger partial charge in [-0.1, -0.05) is 94.3 Å². The molecule has 0 fully saturated rings. The van der Waals surface area contributed by atoms with Crippen molar-refractivity contribution in [2.45, 2.75) is 96.5 Å². The molecule has 142 valence electrons. The summed E-state index contributed by atoms with van der Waals surface area (Å²) in [5.74, 6) is -1.59. The molecule has 0 saturated carbocycles. The molecule has 1 aromatic rings. The zero-order valence-electron chi connectivity index (χ0n) is 16.1. The quantitative estimate of drug-likeness (QED) is 0.249. The number of ether oxygens (including phenoxy) is 1. The summed E-state index contributed by atoms with van der Waals surface area (Å²) in [7, 11) is 0. The van der Waals surface area contributed by atoms with E-state index in [1.807, 2.05) is 18.2 Å². The van der Waals surface area contributed by atoms with Gasteiger partial charge in [-0.15, -0.1) is 4.91 Å². The van der Waals surface area contributed by atoms with Crippen molar-refractivity contribution in [1.29, 1.82) is 0 Å². The van der Waals surface area contributed by atoms with E-state index in [-0.39, 0.29) is 6.10 Å². The molecule has 0 amide bonds. The molecule has 4 nitrogen and oxygen atoms in total. The number of nitrogens with zero attached hydrogens (tertiary/aromatic N) is 1.